The quantitative estimate of drug-likeness (QED) is 0.858. The second kappa shape index (κ2) is 6.29. The molecule has 0 aromatic carbocycles. The first-order chi connectivity index (χ1) is 8.65. The summed E-state index contributed by atoms with van der Waals surface area (Å²) in [7, 11) is 1.94. The summed E-state index contributed by atoms with van der Waals surface area (Å²) in [5.74, 6) is 2.45. The zero-order valence-corrected chi connectivity index (χ0v) is 11.6. The maximum atomic E-state index is 5.90. The van der Waals surface area contributed by atoms with Crippen molar-refractivity contribution in [2.24, 2.45) is 13.0 Å². The Balaban J connectivity index is 1.86. The van der Waals surface area contributed by atoms with E-state index in [1.54, 1.807) is 0 Å². The maximum absolute atomic E-state index is 5.90. The van der Waals surface area contributed by atoms with Crippen LogP contribution in [0.25, 0.3) is 0 Å². The van der Waals surface area contributed by atoms with Crippen LogP contribution in [0.3, 0.4) is 0 Å². The van der Waals surface area contributed by atoms with Gasteiger partial charge in [-0.2, -0.15) is 5.10 Å². The second-order valence-electron chi connectivity index (χ2n) is 5.43. The summed E-state index contributed by atoms with van der Waals surface area (Å²) in [6.07, 6.45) is 3.49. The van der Waals surface area contributed by atoms with Crippen molar-refractivity contribution in [2.45, 2.75) is 45.8 Å². The summed E-state index contributed by atoms with van der Waals surface area (Å²) in [6, 6.07) is 0. The van der Waals surface area contributed by atoms with Gasteiger partial charge in [-0.1, -0.05) is 13.8 Å². The molecule has 5 nitrogen and oxygen atoms in total. The summed E-state index contributed by atoms with van der Waals surface area (Å²) < 4.78 is 7.75. The van der Waals surface area contributed by atoms with Gasteiger partial charge < -0.3 is 10.1 Å². The van der Waals surface area contributed by atoms with Gasteiger partial charge in [-0.15, -0.1) is 0 Å². The Morgan fingerprint density at radius 2 is 2.11 bits per heavy atom. The summed E-state index contributed by atoms with van der Waals surface area (Å²) in [4.78, 5) is 4.55. The zero-order chi connectivity index (χ0) is 13.0. The van der Waals surface area contributed by atoms with Crippen molar-refractivity contribution >= 4 is 0 Å². The van der Waals surface area contributed by atoms with E-state index in [-0.39, 0.29) is 0 Å². The standard InChI is InChI=1S/C13H24N4O/c1-10(2)8-12-15-13(17(3)16-12)9-18-11-4-6-14-7-5-11/h10-11,14H,4-9H2,1-3H3. The smallest absolute Gasteiger partial charge is 0.152 e. The lowest BCUT2D eigenvalue weighted by Gasteiger charge is -2.22. The van der Waals surface area contributed by atoms with Gasteiger partial charge in [0.25, 0.3) is 0 Å². The molecule has 1 aliphatic heterocycles. The van der Waals surface area contributed by atoms with Crippen LogP contribution in [0.5, 0.6) is 0 Å². The molecule has 0 spiro atoms. The maximum Gasteiger partial charge on any atom is 0.152 e. The van der Waals surface area contributed by atoms with E-state index in [9.17, 15) is 0 Å². The highest BCUT2D eigenvalue weighted by molar-refractivity contribution is 4.92. The minimum atomic E-state index is 0.372. The Labute approximate surface area is 109 Å². The third-order valence-electron chi connectivity index (χ3n) is 3.22. The van der Waals surface area contributed by atoms with Crippen LogP contribution in [-0.2, 0) is 24.8 Å². The number of rotatable bonds is 5. The number of aromatic nitrogens is 3. The van der Waals surface area contributed by atoms with Crippen LogP contribution in [-0.4, -0.2) is 34.0 Å². The summed E-state index contributed by atoms with van der Waals surface area (Å²) >= 11 is 0. The lowest BCUT2D eigenvalue weighted by atomic mass is 10.1. The summed E-state index contributed by atoms with van der Waals surface area (Å²) in [5.41, 5.74) is 0. The van der Waals surface area contributed by atoms with Crippen molar-refractivity contribution in [1.82, 2.24) is 20.1 Å². The molecular weight excluding hydrogens is 228 g/mol. The van der Waals surface area contributed by atoms with E-state index >= 15 is 0 Å². The number of hydrogen-bond donors (Lipinski definition) is 1. The van der Waals surface area contributed by atoms with Gasteiger partial charge in [-0.25, -0.2) is 4.98 Å². The zero-order valence-electron chi connectivity index (χ0n) is 11.6. The molecule has 2 rings (SSSR count). The van der Waals surface area contributed by atoms with Crippen LogP contribution in [0, 0.1) is 5.92 Å². The largest absolute Gasteiger partial charge is 0.370 e. The summed E-state index contributed by atoms with van der Waals surface area (Å²) in [6.45, 7) is 7.06. The van der Waals surface area contributed by atoms with Crippen LogP contribution in [0.2, 0.25) is 0 Å². The van der Waals surface area contributed by atoms with Crippen LogP contribution in [0.15, 0.2) is 0 Å². The van der Waals surface area contributed by atoms with Gasteiger partial charge in [-0.05, 0) is 31.8 Å². The van der Waals surface area contributed by atoms with E-state index < -0.39 is 0 Å². The Kier molecular flexibility index (Phi) is 4.72. The highest BCUT2D eigenvalue weighted by atomic mass is 16.5. The molecular formula is C13H24N4O. The molecule has 0 atom stereocenters. The number of nitrogens with zero attached hydrogens (tertiary/aromatic N) is 3. The third kappa shape index (κ3) is 3.78. The van der Waals surface area contributed by atoms with E-state index in [1.807, 2.05) is 11.7 Å². The van der Waals surface area contributed by atoms with Gasteiger partial charge in [0, 0.05) is 13.5 Å². The number of piperidine rings is 1. The number of ether oxygens (including phenoxy) is 1. The Morgan fingerprint density at radius 1 is 1.39 bits per heavy atom. The SMILES string of the molecule is CC(C)Cc1nc(COC2CCNCC2)n(C)n1. The van der Waals surface area contributed by atoms with Crippen LogP contribution in [0.4, 0.5) is 0 Å². The Hall–Kier alpha value is -0.940. The predicted molar refractivity (Wildman–Crippen MR) is 70.2 cm³/mol. The van der Waals surface area contributed by atoms with Crippen molar-refractivity contribution in [3.63, 3.8) is 0 Å². The lowest BCUT2D eigenvalue weighted by Crippen LogP contribution is -2.32. The van der Waals surface area contributed by atoms with Gasteiger partial charge in [0.2, 0.25) is 0 Å². The fourth-order valence-electron chi connectivity index (χ4n) is 2.21. The van der Waals surface area contributed by atoms with Crippen molar-refractivity contribution in [3.05, 3.63) is 11.6 Å². The Morgan fingerprint density at radius 3 is 2.78 bits per heavy atom. The highest BCUT2D eigenvalue weighted by Crippen LogP contribution is 2.11. The predicted octanol–water partition coefficient (Wildman–Crippen LogP) is 1.28. The molecule has 1 aromatic heterocycles. The Bertz CT molecular complexity index is 369. The van der Waals surface area contributed by atoms with Crippen molar-refractivity contribution in [2.75, 3.05) is 13.1 Å². The minimum Gasteiger partial charge on any atom is -0.370 e. The third-order valence-corrected chi connectivity index (χ3v) is 3.22. The normalized spacial score (nSPS) is 17.6. The molecule has 102 valence electrons. The molecule has 1 saturated heterocycles. The van der Waals surface area contributed by atoms with E-state index in [1.165, 1.54) is 0 Å². The van der Waals surface area contributed by atoms with E-state index in [0.29, 0.717) is 18.6 Å². The molecule has 5 heteroatoms. The molecule has 0 radical (unpaired) electrons. The van der Waals surface area contributed by atoms with Gasteiger partial charge in [0.15, 0.2) is 11.6 Å². The molecule has 0 unspecified atom stereocenters. The van der Waals surface area contributed by atoms with Crippen LogP contribution < -0.4 is 5.32 Å². The first kappa shape index (κ1) is 13.5. The average molecular weight is 252 g/mol. The van der Waals surface area contributed by atoms with Gasteiger partial charge >= 0.3 is 0 Å². The number of aryl methyl sites for hydroxylation is 1. The number of hydrogen-bond acceptors (Lipinski definition) is 4. The first-order valence-electron chi connectivity index (χ1n) is 6.86. The first-order valence-corrected chi connectivity index (χ1v) is 6.86. The molecule has 0 saturated carbocycles. The van der Waals surface area contributed by atoms with E-state index in [2.05, 4.69) is 29.2 Å². The molecule has 1 aliphatic rings. The molecule has 1 N–H and O–H groups in total. The molecule has 1 aromatic rings. The van der Waals surface area contributed by atoms with Crippen LogP contribution >= 0.6 is 0 Å². The molecule has 18 heavy (non-hydrogen) atoms. The van der Waals surface area contributed by atoms with Crippen molar-refractivity contribution in [1.29, 1.82) is 0 Å². The topological polar surface area (TPSA) is 52.0 Å². The van der Waals surface area contributed by atoms with Crippen molar-refractivity contribution in [3.8, 4) is 0 Å². The fraction of sp³-hybridized carbons (Fsp3) is 0.846. The molecule has 2 heterocycles. The minimum absolute atomic E-state index is 0.372. The lowest BCUT2D eigenvalue weighted by molar-refractivity contribution is 0.0164. The average Bonchev–Trinajstić information content (AvgIpc) is 2.67. The highest BCUT2D eigenvalue weighted by Gasteiger charge is 2.15. The molecule has 0 bridgehead atoms. The van der Waals surface area contributed by atoms with Crippen LogP contribution in [0.1, 0.15) is 38.3 Å². The molecule has 0 amide bonds. The molecule has 0 aliphatic carbocycles. The van der Waals surface area contributed by atoms with Gasteiger partial charge in [0.1, 0.15) is 6.61 Å². The van der Waals surface area contributed by atoms with Gasteiger partial charge in [-0.3, -0.25) is 4.68 Å². The molecule has 1 fully saturated rings. The number of nitrogens with one attached hydrogen (secondary N) is 1. The van der Waals surface area contributed by atoms with Crippen molar-refractivity contribution < 1.29 is 4.74 Å². The monoisotopic (exact) mass is 252 g/mol. The summed E-state index contributed by atoms with van der Waals surface area (Å²) in [5, 5.41) is 7.76. The van der Waals surface area contributed by atoms with Gasteiger partial charge in [0.05, 0.1) is 6.10 Å². The van der Waals surface area contributed by atoms with E-state index in [0.717, 1.165) is 44.0 Å². The second-order valence-corrected chi connectivity index (χ2v) is 5.43. The van der Waals surface area contributed by atoms with E-state index in [4.69, 9.17) is 4.74 Å². The fourth-order valence-corrected chi connectivity index (χ4v) is 2.21.